The highest BCUT2D eigenvalue weighted by Crippen LogP contribution is 2.34. The number of hydrogen-bond donors (Lipinski definition) is 1. The van der Waals surface area contributed by atoms with Crippen molar-refractivity contribution < 1.29 is 9.13 Å². The molecule has 0 aromatic heterocycles. The van der Waals surface area contributed by atoms with Crippen LogP contribution in [0.4, 0.5) is 4.39 Å². The van der Waals surface area contributed by atoms with Crippen molar-refractivity contribution in [3.05, 3.63) is 35.4 Å². The first-order valence-electron chi connectivity index (χ1n) is 5.24. The fourth-order valence-corrected chi connectivity index (χ4v) is 1.85. The Bertz CT molecular complexity index is 328. The molecule has 2 nitrogen and oxygen atoms in total. The summed E-state index contributed by atoms with van der Waals surface area (Å²) in [6.07, 6.45) is 0.449. The molecule has 2 unspecified atom stereocenters. The van der Waals surface area contributed by atoms with Crippen LogP contribution in [0.2, 0.25) is 0 Å². The van der Waals surface area contributed by atoms with Crippen molar-refractivity contribution in [1.82, 2.24) is 0 Å². The standard InChI is InChI=1S/C12H16FNO/c1-9(14)10-2-4-11(5-3-10)12(13)6-7-15-8-12/h2-5,9H,6-8,14H2,1H3. The minimum absolute atomic E-state index is 0.00515. The van der Waals surface area contributed by atoms with Gasteiger partial charge in [0.2, 0.25) is 0 Å². The van der Waals surface area contributed by atoms with E-state index in [0.29, 0.717) is 18.6 Å². The van der Waals surface area contributed by atoms with Gasteiger partial charge >= 0.3 is 0 Å². The van der Waals surface area contributed by atoms with E-state index >= 15 is 0 Å². The summed E-state index contributed by atoms with van der Waals surface area (Å²) in [4.78, 5) is 0. The van der Waals surface area contributed by atoms with E-state index in [1.165, 1.54) is 0 Å². The molecule has 1 heterocycles. The highest BCUT2D eigenvalue weighted by molar-refractivity contribution is 5.29. The summed E-state index contributed by atoms with van der Waals surface area (Å²) in [5.41, 5.74) is 6.16. The molecule has 1 aromatic rings. The second kappa shape index (κ2) is 3.91. The van der Waals surface area contributed by atoms with E-state index in [2.05, 4.69) is 0 Å². The Morgan fingerprint density at radius 3 is 2.53 bits per heavy atom. The smallest absolute Gasteiger partial charge is 0.161 e. The predicted molar refractivity (Wildman–Crippen MR) is 57.3 cm³/mol. The zero-order chi connectivity index (χ0) is 10.9. The molecule has 0 saturated carbocycles. The van der Waals surface area contributed by atoms with Crippen molar-refractivity contribution in [3.63, 3.8) is 0 Å². The summed E-state index contributed by atoms with van der Waals surface area (Å²) in [5, 5.41) is 0. The Balaban J connectivity index is 2.23. The molecule has 3 heteroatoms. The van der Waals surface area contributed by atoms with E-state index in [1.807, 2.05) is 31.2 Å². The quantitative estimate of drug-likeness (QED) is 0.811. The molecular formula is C12H16FNO. The number of nitrogens with two attached hydrogens (primary N) is 1. The van der Waals surface area contributed by atoms with Crippen LogP contribution in [0.15, 0.2) is 24.3 Å². The number of benzene rings is 1. The van der Waals surface area contributed by atoms with Gasteiger partial charge < -0.3 is 10.5 Å². The molecule has 82 valence electrons. The van der Waals surface area contributed by atoms with Gasteiger partial charge in [0, 0.05) is 12.5 Å². The molecule has 0 radical (unpaired) electrons. The SMILES string of the molecule is CC(N)c1ccc(C2(F)CCOC2)cc1. The molecule has 1 fully saturated rings. The van der Waals surface area contributed by atoms with Gasteiger partial charge in [0.1, 0.15) is 0 Å². The van der Waals surface area contributed by atoms with Crippen LogP contribution in [0.3, 0.4) is 0 Å². The minimum Gasteiger partial charge on any atom is -0.378 e. The predicted octanol–water partition coefficient (Wildman–Crippen LogP) is 2.29. The van der Waals surface area contributed by atoms with Crippen molar-refractivity contribution >= 4 is 0 Å². The van der Waals surface area contributed by atoms with E-state index in [9.17, 15) is 4.39 Å². The van der Waals surface area contributed by atoms with Crippen molar-refractivity contribution in [1.29, 1.82) is 0 Å². The molecule has 1 aromatic carbocycles. The molecule has 2 rings (SSSR count). The monoisotopic (exact) mass is 209 g/mol. The number of alkyl halides is 1. The molecule has 1 aliphatic rings. The molecular weight excluding hydrogens is 193 g/mol. The third-order valence-corrected chi connectivity index (χ3v) is 2.93. The largest absolute Gasteiger partial charge is 0.378 e. The number of halogens is 1. The average Bonchev–Trinajstić information content (AvgIpc) is 2.67. The summed E-state index contributed by atoms with van der Waals surface area (Å²) in [7, 11) is 0. The zero-order valence-corrected chi connectivity index (χ0v) is 8.87. The van der Waals surface area contributed by atoms with Gasteiger partial charge in [-0.25, -0.2) is 4.39 Å². The lowest BCUT2D eigenvalue weighted by molar-refractivity contribution is 0.112. The van der Waals surface area contributed by atoms with Crippen LogP contribution in [0, 0.1) is 0 Å². The van der Waals surface area contributed by atoms with E-state index in [-0.39, 0.29) is 12.6 Å². The van der Waals surface area contributed by atoms with Crippen LogP contribution in [0.25, 0.3) is 0 Å². The lowest BCUT2D eigenvalue weighted by atomic mass is 9.93. The Kier molecular flexibility index (Phi) is 2.76. The lowest BCUT2D eigenvalue weighted by Crippen LogP contribution is -2.19. The van der Waals surface area contributed by atoms with Gasteiger partial charge in [0.15, 0.2) is 5.67 Å². The van der Waals surface area contributed by atoms with Crippen molar-refractivity contribution in [2.45, 2.75) is 25.1 Å². The number of rotatable bonds is 2. The summed E-state index contributed by atoms with van der Waals surface area (Å²) in [6.45, 7) is 2.59. The zero-order valence-electron chi connectivity index (χ0n) is 8.87. The molecule has 2 atom stereocenters. The van der Waals surface area contributed by atoms with E-state index in [0.717, 1.165) is 5.56 Å². The number of ether oxygens (including phenoxy) is 1. The normalized spacial score (nSPS) is 27.9. The summed E-state index contributed by atoms with van der Waals surface area (Å²) in [5.74, 6) is 0. The van der Waals surface area contributed by atoms with Crippen molar-refractivity contribution in [2.24, 2.45) is 5.73 Å². The van der Waals surface area contributed by atoms with Crippen LogP contribution in [0.5, 0.6) is 0 Å². The van der Waals surface area contributed by atoms with Gasteiger partial charge in [-0.15, -0.1) is 0 Å². The maximum atomic E-state index is 14.2. The first-order chi connectivity index (χ1) is 7.12. The van der Waals surface area contributed by atoms with E-state index in [4.69, 9.17) is 10.5 Å². The van der Waals surface area contributed by atoms with Crippen molar-refractivity contribution in [3.8, 4) is 0 Å². The van der Waals surface area contributed by atoms with Crippen molar-refractivity contribution in [2.75, 3.05) is 13.2 Å². The van der Waals surface area contributed by atoms with E-state index in [1.54, 1.807) is 0 Å². The molecule has 0 bridgehead atoms. The Morgan fingerprint density at radius 1 is 1.40 bits per heavy atom. The summed E-state index contributed by atoms with van der Waals surface area (Å²) < 4.78 is 19.3. The fourth-order valence-electron chi connectivity index (χ4n) is 1.85. The molecule has 15 heavy (non-hydrogen) atoms. The third kappa shape index (κ3) is 2.03. The van der Waals surface area contributed by atoms with Crippen LogP contribution in [-0.2, 0) is 10.4 Å². The highest BCUT2D eigenvalue weighted by atomic mass is 19.1. The molecule has 2 N–H and O–H groups in total. The van der Waals surface area contributed by atoms with Gasteiger partial charge in [-0.2, -0.15) is 0 Å². The molecule has 0 spiro atoms. The lowest BCUT2D eigenvalue weighted by Gasteiger charge is -2.18. The molecule has 1 saturated heterocycles. The van der Waals surface area contributed by atoms with Gasteiger partial charge in [-0.05, 0) is 18.1 Å². The third-order valence-electron chi connectivity index (χ3n) is 2.93. The maximum absolute atomic E-state index is 14.2. The van der Waals surface area contributed by atoms with Gasteiger partial charge in [-0.3, -0.25) is 0 Å². The molecule has 0 aliphatic carbocycles. The average molecular weight is 209 g/mol. The van der Waals surface area contributed by atoms with Crippen LogP contribution >= 0.6 is 0 Å². The van der Waals surface area contributed by atoms with Gasteiger partial charge in [0.25, 0.3) is 0 Å². The van der Waals surface area contributed by atoms with Crippen LogP contribution < -0.4 is 5.73 Å². The Hall–Kier alpha value is -0.930. The maximum Gasteiger partial charge on any atom is 0.161 e. The number of hydrogen-bond acceptors (Lipinski definition) is 2. The molecule has 0 amide bonds. The highest BCUT2D eigenvalue weighted by Gasteiger charge is 2.36. The first kappa shape index (κ1) is 10.6. The topological polar surface area (TPSA) is 35.2 Å². The summed E-state index contributed by atoms with van der Waals surface area (Å²) in [6, 6.07) is 7.40. The Labute approximate surface area is 89.2 Å². The van der Waals surface area contributed by atoms with Gasteiger partial charge in [-0.1, -0.05) is 24.3 Å². The van der Waals surface area contributed by atoms with Crippen LogP contribution in [-0.4, -0.2) is 13.2 Å². The van der Waals surface area contributed by atoms with Gasteiger partial charge in [0.05, 0.1) is 13.2 Å². The van der Waals surface area contributed by atoms with Crippen LogP contribution in [0.1, 0.15) is 30.5 Å². The molecule has 1 aliphatic heterocycles. The second-order valence-corrected chi connectivity index (χ2v) is 4.18. The fraction of sp³-hybridized carbons (Fsp3) is 0.500. The Morgan fingerprint density at radius 2 is 2.07 bits per heavy atom. The second-order valence-electron chi connectivity index (χ2n) is 4.18. The van der Waals surface area contributed by atoms with E-state index < -0.39 is 5.67 Å². The minimum atomic E-state index is -1.30. The first-order valence-corrected chi connectivity index (χ1v) is 5.24. The summed E-state index contributed by atoms with van der Waals surface area (Å²) >= 11 is 0.